The topological polar surface area (TPSA) is 74.8 Å². The van der Waals surface area contributed by atoms with E-state index in [1.807, 2.05) is 6.92 Å². The number of amides is 1. The van der Waals surface area contributed by atoms with Crippen LogP contribution in [0, 0.1) is 0 Å². The normalized spacial score (nSPS) is 12.3. The summed E-state index contributed by atoms with van der Waals surface area (Å²) in [7, 11) is 0. The van der Waals surface area contributed by atoms with E-state index in [4.69, 9.17) is 0 Å². The van der Waals surface area contributed by atoms with Crippen LogP contribution in [-0.4, -0.2) is 21.9 Å². The number of carbonyl (C=O) groups excluding carboxylic acids is 1. The number of nitrogens with one attached hydrogen (secondary N) is 2. The highest BCUT2D eigenvalue weighted by Gasteiger charge is 2.13. The van der Waals surface area contributed by atoms with Crippen molar-refractivity contribution in [1.82, 2.24) is 15.3 Å². The zero-order chi connectivity index (χ0) is 13.8. The monoisotopic (exact) mass is 259 g/mol. The molecule has 0 radical (unpaired) electrons. The Hall–Kier alpha value is -2.17. The Morgan fingerprint density at radius 2 is 2.16 bits per heavy atom. The predicted octanol–water partition coefficient (Wildman–Crippen LogP) is 1.84. The SMILES string of the molecule is CCC[C@@H](C)NC(=O)c1nc2ccccc2c(=O)[nH]1. The van der Waals surface area contributed by atoms with Gasteiger partial charge in [0.2, 0.25) is 0 Å². The Morgan fingerprint density at radius 3 is 2.89 bits per heavy atom. The first-order valence-electron chi connectivity index (χ1n) is 6.41. The Kier molecular flexibility index (Phi) is 3.94. The standard InChI is InChI=1S/C14H17N3O2/c1-3-6-9(2)15-14(19)12-16-11-8-5-4-7-10(11)13(18)17-12/h4-5,7-9H,3,6H2,1-2H3,(H,15,19)(H,16,17,18)/t9-/m1/s1. The number of benzene rings is 1. The summed E-state index contributed by atoms with van der Waals surface area (Å²) in [6.07, 6.45) is 1.88. The molecular formula is C14H17N3O2. The van der Waals surface area contributed by atoms with Crippen molar-refractivity contribution >= 4 is 16.8 Å². The maximum absolute atomic E-state index is 12.0. The van der Waals surface area contributed by atoms with Gasteiger partial charge in [-0.2, -0.15) is 0 Å². The summed E-state index contributed by atoms with van der Waals surface area (Å²) in [5, 5.41) is 3.30. The third kappa shape index (κ3) is 2.99. The van der Waals surface area contributed by atoms with E-state index in [9.17, 15) is 9.59 Å². The summed E-state index contributed by atoms with van der Waals surface area (Å²) >= 11 is 0. The third-order valence-corrected chi connectivity index (χ3v) is 2.93. The molecule has 0 saturated carbocycles. The quantitative estimate of drug-likeness (QED) is 0.879. The van der Waals surface area contributed by atoms with Crippen LogP contribution in [0.25, 0.3) is 10.9 Å². The Bertz CT molecular complexity index is 648. The van der Waals surface area contributed by atoms with Crippen LogP contribution >= 0.6 is 0 Å². The summed E-state index contributed by atoms with van der Waals surface area (Å²) in [5.74, 6) is -0.282. The van der Waals surface area contributed by atoms with Gasteiger partial charge in [0, 0.05) is 6.04 Å². The van der Waals surface area contributed by atoms with Gasteiger partial charge >= 0.3 is 0 Å². The van der Waals surface area contributed by atoms with E-state index in [1.54, 1.807) is 24.3 Å². The minimum atomic E-state index is -0.344. The van der Waals surface area contributed by atoms with Crippen LogP contribution < -0.4 is 10.9 Å². The fourth-order valence-corrected chi connectivity index (χ4v) is 1.99. The zero-order valence-corrected chi connectivity index (χ0v) is 11.1. The highest BCUT2D eigenvalue weighted by molar-refractivity contribution is 5.92. The highest BCUT2D eigenvalue weighted by Crippen LogP contribution is 2.06. The number of hydrogen-bond donors (Lipinski definition) is 2. The van der Waals surface area contributed by atoms with Gasteiger partial charge in [0.25, 0.3) is 11.5 Å². The number of fused-ring (bicyclic) bond motifs is 1. The van der Waals surface area contributed by atoms with E-state index in [-0.39, 0.29) is 23.3 Å². The molecule has 0 fully saturated rings. The smallest absolute Gasteiger partial charge is 0.287 e. The summed E-state index contributed by atoms with van der Waals surface area (Å²) in [6, 6.07) is 7.02. The molecule has 1 aromatic heterocycles. The number of H-pyrrole nitrogens is 1. The van der Waals surface area contributed by atoms with Crippen LogP contribution in [0.15, 0.2) is 29.1 Å². The van der Waals surface area contributed by atoms with Crippen molar-refractivity contribution in [3.63, 3.8) is 0 Å². The highest BCUT2D eigenvalue weighted by atomic mass is 16.2. The van der Waals surface area contributed by atoms with Crippen molar-refractivity contribution in [1.29, 1.82) is 0 Å². The molecule has 1 heterocycles. The Balaban J connectivity index is 2.30. The fraction of sp³-hybridized carbons (Fsp3) is 0.357. The maximum atomic E-state index is 12.0. The molecule has 2 aromatic rings. The molecule has 1 aromatic carbocycles. The van der Waals surface area contributed by atoms with E-state index < -0.39 is 0 Å². The van der Waals surface area contributed by atoms with Crippen LogP contribution in [-0.2, 0) is 0 Å². The third-order valence-electron chi connectivity index (χ3n) is 2.93. The molecule has 0 aliphatic rings. The van der Waals surface area contributed by atoms with Gasteiger partial charge in [0.1, 0.15) is 0 Å². The van der Waals surface area contributed by atoms with Gasteiger partial charge in [-0.15, -0.1) is 0 Å². The number of aromatic nitrogens is 2. The van der Waals surface area contributed by atoms with Crippen LogP contribution in [0.1, 0.15) is 37.3 Å². The molecule has 1 atom stereocenters. The maximum Gasteiger partial charge on any atom is 0.287 e. The van der Waals surface area contributed by atoms with Gasteiger partial charge in [0.15, 0.2) is 5.82 Å². The van der Waals surface area contributed by atoms with Gasteiger partial charge < -0.3 is 10.3 Å². The lowest BCUT2D eigenvalue weighted by Crippen LogP contribution is -2.34. The average molecular weight is 259 g/mol. The second-order valence-electron chi connectivity index (χ2n) is 4.59. The lowest BCUT2D eigenvalue weighted by molar-refractivity contribution is 0.0928. The lowest BCUT2D eigenvalue weighted by atomic mass is 10.2. The Morgan fingerprint density at radius 1 is 1.42 bits per heavy atom. The molecule has 0 aliphatic heterocycles. The summed E-state index contributed by atoms with van der Waals surface area (Å²) in [6.45, 7) is 3.99. The molecule has 0 unspecified atom stereocenters. The number of para-hydroxylation sites is 1. The van der Waals surface area contributed by atoms with Gasteiger partial charge in [-0.3, -0.25) is 9.59 Å². The van der Waals surface area contributed by atoms with Gasteiger partial charge in [0.05, 0.1) is 10.9 Å². The van der Waals surface area contributed by atoms with Crippen LogP contribution in [0.5, 0.6) is 0 Å². The molecule has 5 heteroatoms. The van der Waals surface area contributed by atoms with E-state index in [1.165, 1.54) is 0 Å². The predicted molar refractivity (Wildman–Crippen MR) is 74.2 cm³/mol. The first kappa shape index (κ1) is 13.3. The van der Waals surface area contributed by atoms with Crippen LogP contribution in [0.4, 0.5) is 0 Å². The van der Waals surface area contributed by atoms with Crippen molar-refractivity contribution in [2.75, 3.05) is 0 Å². The van der Waals surface area contributed by atoms with Crippen molar-refractivity contribution in [2.45, 2.75) is 32.7 Å². The number of hydrogen-bond acceptors (Lipinski definition) is 3. The second-order valence-corrected chi connectivity index (χ2v) is 4.59. The van der Waals surface area contributed by atoms with Crippen molar-refractivity contribution in [3.05, 3.63) is 40.4 Å². The molecule has 0 aliphatic carbocycles. The minimum Gasteiger partial charge on any atom is -0.347 e. The summed E-state index contributed by atoms with van der Waals surface area (Å²) in [5.41, 5.74) is 0.235. The molecular weight excluding hydrogens is 242 g/mol. The van der Waals surface area contributed by atoms with E-state index >= 15 is 0 Å². The number of rotatable bonds is 4. The number of aromatic amines is 1. The summed E-state index contributed by atoms with van der Waals surface area (Å²) in [4.78, 5) is 30.5. The fourth-order valence-electron chi connectivity index (χ4n) is 1.99. The average Bonchev–Trinajstić information content (AvgIpc) is 2.39. The Labute approximate surface area is 111 Å². The molecule has 1 amide bonds. The first-order valence-corrected chi connectivity index (χ1v) is 6.41. The zero-order valence-electron chi connectivity index (χ0n) is 11.1. The van der Waals surface area contributed by atoms with Crippen molar-refractivity contribution in [3.8, 4) is 0 Å². The molecule has 0 saturated heterocycles. The lowest BCUT2D eigenvalue weighted by Gasteiger charge is -2.12. The van der Waals surface area contributed by atoms with Crippen molar-refractivity contribution < 1.29 is 4.79 Å². The molecule has 100 valence electrons. The second kappa shape index (κ2) is 5.65. The van der Waals surface area contributed by atoms with Crippen LogP contribution in [0.2, 0.25) is 0 Å². The van der Waals surface area contributed by atoms with E-state index in [0.717, 1.165) is 12.8 Å². The van der Waals surface area contributed by atoms with Gasteiger partial charge in [-0.1, -0.05) is 25.5 Å². The molecule has 2 rings (SSSR count). The van der Waals surface area contributed by atoms with E-state index in [2.05, 4.69) is 22.2 Å². The molecule has 0 spiro atoms. The molecule has 0 bridgehead atoms. The van der Waals surface area contributed by atoms with E-state index in [0.29, 0.717) is 10.9 Å². The number of carbonyl (C=O) groups is 1. The number of nitrogens with zero attached hydrogens (tertiary/aromatic N) is 1. The minimum absolute atomic E-state index is 0.0617. The van der Waals surface area contributed by atoms with Gasteiger partial charge in [-0.25, -0.2) is 4.98 Å². The molecule has 5 nitrogen and oxygen atoms in total. The van der Waals surface area contributed by atoms with Crippen LogP contribution in [0.3, 0.4) is 0 Å². The van der Waals surface area contributed by atoms with Crippen molar-refractivity contribution in [2.24, 2.45) is 0 Å². The largest absolute Gasteiger partial charge is 0.347 e. The molecule has 2 N–H and O–H groups in total. The first-order chi connectivity index (χ1) is 9.11. The van der Waals surface area contributed by atoms with Gasteiger partial charge in [-0.05, 0) is 25.5 Å². The molecule has 19 heavy (non-hydrogen) atoms. The summed E-state index contributed by atoms with van der Waals surface area (Å²) < 4.78 is 0.